The summed E-state index contributed by atoms with van der Waals surface area (Å²) >= 11 is 0. The number of nitrogens with zero attached hydrogens (tertiary/aromatic N) is 2. The summed E-state index contributed by atoms with van der Waals surface area (Å²) in [4.78, 5) is 31.9. The Morgan fingerprint density at radius 2 is 1.95 bits per heavy atom. The second kappa shape index (κ2) is 10.1. The third kappa shape index (κ3) is 4.96. The average Bonchev–Trinajstić information content (AvgIpc) is 2.92. The first kappa shape index (κ1) is 25.7. The molecule has 2 atom stereocenters. The Labute approximate surface area is 218 Å². The van der Waals surface area contributed by atoms with Gasteiger partial charge in [-0.3, -0.25) is 14.6 Å². The van der Waals surface area contributed by atoms with Gasteiger partial charge in [0.1, 0.15) is 0 Å². The molecule has 0 saturated carbocycles. The van der Waals surface area contributed by atoms with E-state index < -0.39 is 17.6 Å². The molecule has 3 heterocycles. The highest BCUT2D eigenvalue weighted by Gasteiger charge is 2.40. The number of carbonyl (C=O) groups is 2. The number of hydrogen-bond acceptors (Lipinski definition) is 5. The van der Waals surface area contributed by atoms with Crippen molar-refractivity contribution in [2.45, 2.75) is 25.6 Å². The maximum atomic E-state index is 13.1. The van der Waals surface area contributed by atoms with Gasteiger partial charge in [-0.05, 0) is 54.8 Å². The molecule has 2 unspecified atom stereocenters. The maximum Gasteiger partial charge on any atom is 0.416 e. The van der Waals surface area contributed by atoms with E-state index in [0.29, 0.717) is 31.9 Å². The normalized spacial score (nSPS) is 18.8. The van der Waals surface area contributed by atoms with Crippen molar-refractivity contribution in [1.29, 1.82) is 0 Å². The number of ether oxygens (including phenoxy) is 1. The lowest BCUT2D eigenvalue weighted by Gasteiger charge is -2.45. The molecule has 5 rings (SSSR count). The predicted octanol–water partition coefficient (Wildman–Crippen LogP) is 4.45. The lowest BCUT2D eigenvalue weighted by molar-refractivity contribution is -0.137. The van der Waals surface area contributed by atoms with E-state index in [1.54, 1.807) is 13.1 Å². The highest BCUT2D eigenvalue weighted by atomic mass is 19.4. The Morgan fingerprint density at radius 1 is 1.13 bits per heavy atom. The SMILES string of the molecule is CNC(=O)C1Cc2ccc(-c3cc(NC(=O)c4cccc(C(F)(F)F)c4)cnc3C)cc2N2CCOCC12. The Bertz CT molecular complexity index is 1390. The van der Waals surface area contributed by atoms with Crippen molar-refractivity contribution in [3.05, 3.63) is 77.1 Å². The van der Waals surface area contributed by atoms with Crippen LogP contribution in [0.1, 0.15) is 27.2 Å². The van der Waals surface area contributed by atoms with Gasteiger partial charge in [0.2, 0.25) is 5.91 Å². The summed E-state index contributed by atoms with van der Waals surface area (Å²) in [6.45, 7) is 3.56. The first-order chi connectivity index (χ1) is 18.2. The zero-order chi connectivity index (χ0) is 27.0. The van der Waals surface area contributed by atoms with E-state index in [2.05, 4.69) is 26.6 Å². The number of morpholine rings is 1. The third-order valence-electron chi connectivity index (χ3n) is 7.16. The van der Waals surface area contributed by atoms with Crippen LogP contribution in [0.25, 0.3) is 11.1 Å². The van der Waals surface area contributed by atoms with Crippen LogP contribution in [0.2, 0.25) is 0 Å². The zero-order valence-electron chi connectivity index (χ0n) is 20.9. The molecule has 0 spiro atoms. The predicted molar refractivity (Wildman–Crippen MR) is 137 cm³/mol. The van der Waals surface area contributed by atoms with Crippen LogP contribution >= 0.6 is 0 Å². The summed E-state index contributed by atoms with van der Waals surface area (Å²) in [6, 6.07) is 12.0. The number of aromatic nitrogens is 1. The third-order valence-corrected chi connectivity index (χ3v) is 7.16. The number of carbonyl (C=O) groups excluding carboxylic acids is 2. The average molecular weight is 525 g/mol. The van der Waals surface area contributed by atoms with Gasteiger partial charge in [0.15, 0.2) is 0 Å². The summed E-state index contributed by atoms with van der Waals surface area (Å²) in [5.41, 5.74) is 3.89. The van der Waals surface area contributed by atoms with E-state index in [1.165, 1.54) is 18.3 Å². The number of halogens is 3. The van der Waals surface area contributed by atoms with E-state index in [1.807, 2.05) is 19.1 Å². The summed E-state index contributed by atoms with van der Waals surface area (Å²) in [5.74, 6) is -0.879. The number of pyridine rings is 1. The molecule has 1 aromatic heterocycles. The van der Waals surface area contributed by atoms with Crippen LogP contribution in [0.4, 0.5) is 24.5 Å². The number of hydrogen-bond donors (Lipinski definition) is 2. The van der Waals surface area contributed by atoms with Crippen molar-refractivity contribution in [2.24, 2.45) is 5.92 Å². The first-order valence-electron chi connectivity index (χ1n) is 12.3. The Balaban J connectivity index is 1.44. The van der Waals surface area contributed by atoms with Gasteiger partial charge in [0, 0.05) is 36.1 Å². The van der Waals surface area contributed by atoms with Crippen LogP contribution in [0.5, 0.6) is 0 Å². The lowest BCUT2D eigenvalue weighted by atomic mass is 9.83. The van der Waals surface area contributed by atoms with Crippen molar-refractivity contribution in [2.75, 3.05) is 37.0 Å². The van der Waals surface area contributed by atoms with Crippen LogP contribution in [-0.4, -0.2) is 49.6 Å². The lowest BCUT2D eigenvalue weighted by Crippen LogP contribution is -2.56. The Morgan fingerprint density at radius 3 is 2.71 bits per heavy atom. The van der Waals surface area contributed by atoms with Gasteiger partial charge in [-0.2, -0.15) is 13.2 Å². The van der Waals surface area contributed by atoms with Crippen LogP contribution in [0.3, 0.4) is 0 Å². The molecule has 10 heteroatoms. The van der Waals surface area contributed by atoms with Crippen LogP contribution in [-0.2, 0) is 22.1 Å². The molecule has 2 amide bonds. The summed E-state index contributed by atoms with van der Waals surface area (Å²) in [5, 5.41) is 5.43. The fourth-order valence-electron chi connectivity index (χ4n) is 5.19. The van der Waals surface area contributed by atoms with Gasteiger partial charge >= 0.3 is 6.18 Å². The maximum absolute atomic E-state index is 13.1. The highest BCUT2D eigenvalue weighted by Crippen LogP contribution is 2.39. The first-order valence-corrected chi connectivity index (χ1v) is 12.3. The molecule has 1 saturated heterocycles. The molecule has 38 heavy (non-hydrogen) atoms. The fraction of sp³-hybridized carbons (Fsp3) is 0.321. The molecular formula is C28H27F3N4O3. The van der Waals surface area contributed by atoms with Gasteiger partial charge in [0.05, 0.1) is 42.6 Å². The van der Waals surface area contributed by atoms with E-state index in [9.17, 15) is 22.8 Å². The van der Waals surface area contributed by atoms with Crippen molar-refractivity contribution < 1.29 is 27.5 Å². The van der Waals surface area contributed by atoms with E-state index >= 15 is 0 Å². The van der Waals surface area contributed by atoms with Gasteiger partial charge < -0.3 is 20.3 Å². The van der Waals surface area contributed by atoms with Crippen LogP contribution in [0.15, 0.2) is 54.7 Å². The summed E-state index contributed by atoms with van der Waals surface area (Å²) in [7, 11) is 1.64. The number of benzene rings is 2. The number of aryl methyl sites for hydroxylation is 1. The van der Waals surface area contributed by atoms with Crippen LogP contribution < -0.4 is 15.5 Å². The molecule has 1 fully saturated rings. The van der Waals surface area contributed by atoms with Gasteiger partial charge in [-0.1, -0.05) is 18.2 Å². The van der Waals surface area contributed by atoms with Crippen molar-refractivity contribution in [3.63, 3.8) is 0 Å². The molecule has 2 aliphatic heterocycles. The van der Waals surface area contributed by atoms with Crippen molar-refractivity contribution >= 4 is 23.2 Å². The van der Waals surface area contributed by atoms with Gasteiger partial charge in [0.25, 0.3) is 5.91 Å². The number of fused-ring (bicyclic) bond motifs is 3. The smallest absolute Gasteiger partial charge is 0.377 e. The largest absolute Gasteiger partial charge is 0.416 e. The minimum absolute atomic E-state index is 0.00974. The minimum atomic E-state index is -4.54. The molecule has 0 bridgehead atoms. The van der Waals surface area contributed by atoms with Crippen LogP contribution in [0, 0.1) is 12.8 Å². The zero-order valence-corrected chi connectivity index (χ0v) is 20.9. The molecule has 2 aliphatic rings. The molecule has 7 nitrogen and oxygen atoms in total. The molecular weight excluding hydrogens is 497 g/mol. The number of rotatable bonds is 4. The molecule has 2 aromatic carbocycles. The summed E-state index contributed by atoms with van der Waals surface area (Å²) in [6.07, 6.45) is -2.46. The Hall–Kier alpha value is -3.92. The van der Waals surface area contributed by atoms with Crippen molar-refractivity contribution in [3.8, 4) is 11.1 Å². The molecule has 198 valence electrons. The van der Waals surface area contributed by atoms with E-state index in [4.69, 9.17) is 4.74 Å². The standard InChI is InChI=1S/C28H27F3N4O3/c1-16-22(13-21(14-33-16)34-26(36)19-4-3-5-20(10-19)28(29,30)31)17-6-7-18-11-23(27(37)32-2)25-15-38-9-8-35(25)24(18)12-17/h3-7,10,12-14,23,25H,8-9,11,15H2,1-2H3,(H,32,37)(H,34,36). The quantitative estimate of drug-likeness (QED) is 0.527. The number of alkyl halides is 3. The van der Waals surface area contributed by atoms with E-state index in [0.717, 1.165) is 40.2 Å². The molecule has 3 aromatic rings. The molecule has 2 N–H and O–H groups in total. The molecule has 0 radical (unpaired) electrons. The summed E-state index contributed by atoms with van der Waals surface area (Å²) < 4.78 is 44.9. The monoisotopic (exact) mass is 524 g/mol. The van der Waals surface area contributed by atoms with E-state index in [-0.39, 0.29) is 23.4 Å². The Kier molecular flexibility index (Phi) is 6.83. The van der Waals surface area contributed by atoms with Crippen molar-refractivity contribution in [1.82, 2.24) is 10.3 Å². The minimum Gasteiger partial charge on any atom is -0.377 e. The number of amides is 2. The number of anilines is 2. The highest BCUT2D eigenvalue weighted by molar-refractivity contribution is 6.04. The second-order valence-electron chi connectivity index (χ2n) is 9.49. The second-order valence-corrected chi connectivity index (χ2v) is 9.49. The topological polar surface area (TPSA) is 83.6 Å². The van der Waals surface area contributed by atoms with Gasteiger partial charge in [-0.15, -0.1) is 0 Å². The molecule has 0 aliphatic carbocycles. The fourth-order valence-corrected chi connectivity index (χ4v) is 5.19. The number of nitrogens with one attached hydrogen (secondary N) is 2. The van der Waals surface area contributed by atoms with Gasteiger partial charge in [-0.25, -0.2) is 0 Å².